The van der Waals surface area contributed by atoms with E-state index in [4.69, 9.17) is 20.3 Å². The number of nitrogens with two attached hydrogens (primary N) is 1. The third-order valence-electron chi connectivity index (χ3n) is 2.17. The van der Waals surface area contributed by atoms with Crippen molar-refractivity contribution in [3.05, 3.63) is 0 Å². The van der Waals surface area contributed by atoms with Crippen LogP contribution in [0.4, 0.5) is 5.95 Å². The second-order valence-corrected chi connectivity index (χ2v) is 4.58. The standard InChI is InChI=1S/C10H18N4O4S/c1-17-5-6-18-4-2-3-14-9(11)12-13-10(14)19-7-8(15)16/h2-7H2,1H3,(H2,11,12)(H,15,16). The summed E-state index contributed by atoms with van der Waals surface area (Å²) in [6.45, 7) is 2.28. The molecule has 0 unspecified atom stereocenters. The summed E-state index contributed by atoms with van der Waals surface area (Å²) < 4.78 is 11.9. The minimum absolute atomic E-state index is 0.0670. The molecule has 1 aromatic heterocycles. The molecule has 9 heteroatoms. The van der Waals surface area contributed by atoms with Gasteiger partial charge in [0.05, 0.1) is 19.0 Å². The molecule has 0 saturated heterocycles. The largest absolute Gasteiger partial charge is 0.481 e. The van der Waals surface area contributed by atoms with Crippen molar-refractivity contribution in [2.45, 2.75) is 18.1 Å². The van der Waals surface area contributed by atoms with Crippen LogP contribution in [0.15, 0.2) is 5.16 Å². The zero-order valence-corrected chi connectivity index (χ0v) is 11.6. The number of nitrogens with zero attached hydrogens (tertiary/aromatic N) is 3. The lowest BCUT2D eigenvalue weighted by molar-refractivity contribution is -0.133. The number of carboxylic acids is 1. The maximum Gasteiger partial charge on any atom is 0.313 e. The van der Waals surface area contributed by atoms with Gasteiger partial charge in [0.15, 0.2) is 5.16 Å². The van der Waals surface area contributed by atoms with Crippen LogP contribution < -0.4 is 5.73 Å². The summed E-state index contributed by atoms with van der Waals surface area (Å²) in [4.78, 5) is 10.5. The van der Waals surface area contributed by atoms with Crippen molar-refractivity contribution in [1.29, 1.82) is 0 Å². The van der Waals surface area contributed by atoms with Crippen LogP contribution in [0.2, 0.25) is 0 Å². The quantitative estimate of drug-likeness (QED) is 0.460. The van der Waals surface area contributed by atoms with Crippen molar-refractivity contribution in [1.82, 2.24) is 14.8 Å². The van der Waals surface area contributed by atoms with E-state index in [-0.39, 0.29) is 11.7 Å². The first-order valence-corrected chi connectivity index (χ1v) is 6.73. The Morgan fingerprint density at radius 3 is 2.89 bits per heavy atom. The molecular formula is C10H18N4O4S. The normalized spacial score (nSPS) is 10.8. The number of thioether (sulfide) groups is 1. The van der Waals surface area contributed by atoms with Crippen LogP contribution in [-0.4, -0.2) is 58.5 Å². The molecule has 0 atom stereocenters. The zero-order valence-electron chi connectivity index (χ0n) is 10.7. The molecule has 0 spiro atoms. The van der Waals surface area contributed by atoms with Crippen LogP contribution in [0.5, 0.6) is 0 Å². The Labute approximate surface area is 115 Å². The molecule has 1 heterocycles. The highest BCUT2D eigenvalue weighted by atomic mass is 32.2. The third kappa shape index (κ3) is 5.90. The fraction of sp³-hybridized carbons (Fsp3) is 0.700. The SMILES string of the molecule is COCCOCCCn1c(N)nnc1SCC(=O)O. The highest BCUT2D eigenvalue weighted by Gasteiger charge is 2.11. The summed E-state index contributed by atoms with van der Waals surface area (Å²) in [7, 11) is 1.62. The number of aliphatic carboxylic acids is 1. The van der Waals surface area contributed by atoms with E-state index < -0.39 is 5.97 Å². The molecule has 0 bridgehead atoms. The Morgan fingerprint density at radius 2 is 2.21 bits per heavy atom. The highest BCUT2D eigenvalue weighted by Crippen LogP contribution is 2.18. The molecule has 0 radical (unpaired) electrons. The minimum atomic E-state index is -0.902. The number of anilines is 1. The van der Waals surface area contributed by atoms with Gasteiger partial charge in [0.25, 0.3) is 0 Å². The van der Waals surface area contributed by atoms with Crippen molar-refractivity contribution in [3.63, 3.8) is 0 Å². The molecule has 0 amide bonds. The summed E-state index contributed by atoms with van der Waals surface area (Å²) >= 11 is 1.10. The fourth-order valence-electron chi connectivity index (χ4n) is 1.31. The molecule has 0 aliphatic carbocycles. The topological polar surface area (TPSA) is 112 Å². The average Bonchev–Trinajstić information content (AvgIpc) is 2.72. The number of nitrogen functional groups attached to an aromatic ring is 1. The molecule has 0 aromatic carbocycles. The van der Waals surface area contributed by atoms with E-state index in [1.807, 2.05) is 0 Å². The first-order valence-electron chi connectivity index (χ1n) is 5.75. The monoisotopic (exact) mass is 290 g/mol. The smallest absolute Gasteiger partial charge is 0.313 e. The van der Waals surface area contributed by atoms with Crippen LogP contribution in [0.25, 0.3) is 0 Å². The molecular weight excluding hydrogens is 272 g/mol. The van der Waals surface area contributed by atoms with Crippen LogP contribution in [0.3, 0.4) is 0 Å². The first kappa shape index (κ1) is 15.7. The maximum absolute atomic E-state index is 10.5. The van der Waals surface area contributed by atoms with Crippen molar-refractivity contribution in [2.24, 2.45) is 0 Å². The lowest BCUT2D eigenvalue weighted by atomic mass is 10.4. The summed E-state index contributed by atoms with van der Waals surface area (Å²) in [5, 5.41) is 16.7. The van der Waals surface area contributed by atoms with Gasteiger partial charge in [-0.1, -0.05) is 11.8 Å². The van der Waals surface area contributed by atoms with Crippen LogP contribution in [0.1, 0.15) is 6.42 Å². The molecule has 0 fully saturated rings. The van der Waals surface area contributed by atoms with Gasteiger partial charge in [-0.2, -0.15) is 0 Å². The van der Waals surface area contributed by atoms with Gasteiger partial charge in [0, 0.05) is 20.3 Å². The molecule has 3 N–H and O–H groups in total. The van der Waals surface area contributed by atoms with E-state index in [1.54, 1.807) is 11.7 Å². The molecule has 8 nitrogen and oxygen atoms in total. The Hall–Kier alpha value is -1.32. The number of methoxy groups -OCH3 is 1. The number of carbonyl (C=O) groups is 1. The van der Waals surface area contributed by atoms with E-state index in [9.17, 15) is 4.79 Å². The Bertz CT molecular complexity index is 399. The molecule has 0 aliphatic heterocycles. The maximum atomic E-state index is 10.5. The van der Waals surface area contributed by atoms with Gasteiger partial charge in [0.2, 0.25) is 5.95 Å². The number of aromatic nitrogens is 3. The molecule has 0 aliphatic rings. The van der Waals surface area contributed by atoms with Crippen molar-refractivity contribution in [2.75, 3.05) is 38.4 Å². The molecule has 19 heavy (non-hydrogen) atoms. The number of ether oxygens (including phenoxy) is 2. The van der Waals surface area contributed by atoms with Crippen molar-refractivity contribution < 1.29 is 19.4 Å². The van der Waals surface area contributed by atoms with E-state index in [1.165, 1.54) is 0 Å². The van der Waals surface area contributed by atoms with Crippen molar-refractivity contribution in [3.8, 4) is 0 Å². The van der Waals surface area contributed by atoms with Gasteiger partial charge in [-0.15, -0.1) is 10.2 Å². The molecule has 1 rings (SSSR count). The van der Waals surface area contributed by atoms with Gasteiger partial charge in [-0.25, -0.2) is 0 Å². The Kier molecular flexibility index (Phi) is 7.23. The van der Waals surface area contributed by atoms with E-state index in [0.717, 1.165) is 18.2 Å². The Morgan fingerprint density at radius 1 is 1.42 bits per heavy atom. The van der Waals surface area contributed by atoms with E-state index in [0.29, 0.717) is 31.5 Å². The Balaban J connectivity index is 2.35. The minimum Gasteiger partial charge on any atom is -0.481 e. The molecule has 0 saturated carbocycles. The number of hydrogen-bond donors (Lipinski definition) is 2. The van der Waals surface area contributed by atoms with Gasteiger partial charge < -0.3 is 20.3 Å². The third-order valence-corrected chi connectivity index (χ3v) is 3.12. The average molecular weight is 290 g/mol. The van der Waals surface area contributed by atoms with E-state index >= 15 is 0 Å². The predicted octanol–water partition coefficient (Wildman–Crippen LogP) is 0.0901. The lowest BCUT2D eigenvalue weighted by Crippen LogP contribution is -2.10. The number of rotatable bonds is 10. The highest BCUT2D eigenvalue weighted by molar-refractivity contribution is 7.99. The predicted molar refractivity (Wildman–Crippen MR) is 70.1 cm³/mol. The molecule has 108 valence electrons. The van der Waals surface area contributed by atoms with Gasteiger partial charge >= 0.3 is 5.97 Å². The first-order chi connectivity index (χ1) is 9.15. The number of hydrogen-bond acceptors (Lipinski definition) is 7. The zero-order chi connectivity index (χ0) is 14.1. The summed E-state index contributed by atoms with van der Waals surface area (Å²) in [5.74, 6) is -0.687. The second-order valence-electron chi connectivity index (χ2n) is 3.63. The lowest BCUT2D eigenvalue weighted by Gasteiger charge is -2.07. The molecule has 1 aromatic rings. The summed E-state index contributed by atoms with van der Waals surface area (Å²) in [6, 6.07) is 0. The van der Waals surface area contributed by atoms with Gasteiger partial charge in [0.1, 0.15) is 0 Å². The van der Waals surface area contributed by atoms with Gasteiger partial charge in [-0.05, 0) is 6.42 Å². The van der Waals surface area contributed by atoms with E-state index in [2.05, 4.69) is 10.2 Å². The van der Waals surface area contributed by atoms with Crippen LogP contribution in [-0.2, 0) is 20.8 Å². The fourth-order valence-corrected chi connectivity index (χ4v) is 2.00. The van der Waals surface area contributed by atoms with Crippen LogP contribution in [0, 0.1) is 0 Å². The summed E-state index contributed by atoms with van der Waals surface area (Å²) in [5.41, 5.74) is 5.68. The summed E-state index contributed by atoms with van der Waals surface area (Å²) in [6.07, 6.45) is 0.743. The van der Waals surface area contributed by atoms with Gasteiger partial charge in [-0.3, -0.25) is 9.36 Å². The van der Waals surface area contributed by atoms with Crippen molar-refractivity contribution >= 4 is 23.7 Å². The number of carboxylic acid groups (broad SMARTS) is 1. The second kappa shape index (κ2) is 8.73. The van der Waals surface area contributed by atoms with Crippen LogP contribution >= 0.6 is 11.8 Å².